The van der Waals surface area contributed by atoms with E-state index in [4.69, 9.17) is 14.6 Å². The van der Waals surface area contributed by atoms with Gasteiger partial charge >= 0.3 is 0 Å². The number of hydrogen-bond acceptors (Lipinski definition) is 7. The van der Waals surface area contributed by atoms with Crippen molar-refractivity contribution in [1.29, 1.82) is 0 Å². The summed E-state index contributed by atoms with van der Waals surface area (Å²) in [6, 6.07) is 8.35. The zero-order valence-electron chi connectivity index (χ0n) is 18.1. The summed E-state index contributed by atoms with van der Waals surface area (Å²) in [6.45, 7) is 9.34. The third-order valence-corrected chi connectivity index (χ3v) is 6.78. The van der Waals surface area contributed by atoms with Gasteiger partial charge in [-0.2, -0.15) is 9.61 Å². The first-order valence-electron chi connectivity index (χ1n) is 11.0. The number of allylic oxidation sites excluding steroid dienone is 5. The highest BCUT2D eigenvalue weighted by molar-refractivity contribution is 7.15. The van der Waals surface area contributed by atoms with Crippen molar-refractivity contribution in [3.63, 3.8) is 0 Å². The maximum absolute atomic E-state index is 5.60. The molecule has 3 aromatic rings. The van der Waals surface area contributed by atoms with Crippen LogP contribution >= 0.6 is 11.3 Å². The van der Waals surface area contributed by atoms with Crippen LogP contribution in [0.1, 0.15) is 23.5 Å². The van der Waals surface area contributed by atoms with Crippen molar-refractivity contribution < 1.29 is 9.47 Å². The van der Waals surface area contributed by atoms with Gasteiger partial charge < -0.3 is 9.47 Å². The van der Waals surface area contributed by atoms with E-state index in [9.17, 15) is 0 Å². The zero-order chi connectivity index (χ0) is 21.8. The van der Waals surface area contributed by atoms with Gasteiger partial charge in [0.15, 0.2) is 11.5 Å². The molecule has 2 aliphatic heterocycles. The molecule has 0 N–H and O–H groups in total. The Morgan fingerprint density at radius 2 is 2.03 bits per heavy atom. The summed E-state index contributed by atoms with van der Waals surface area (Å²) in [7, 11) is 0. The summed E-state index contributed by atoms with van der Waals surface area (Å²) >= 11 is 1.79. The molecular formula is C24H27N5O2S. The van der Waals surface area contributed by atoms with Gasteiger partial charge in [0.1, 0.15) is 5.69 Å². The smallest absolute Gasteiger partial charge is 0.177 e. The van der Waals surface area contributed by atoms with Gasteiger partial charge in [0.25, 0.3) is 0 Å². The van der Waals surface area contributed by atoms with Crippen LogP contribution in [-0.2, 0) is 22.4 Å². The van der Waals surface area contributed by atoms with E-state index in [1.54, 1.807) is 11.3 Å². The van der Waals surface area contributed by atoms with E-state index in [1.165, 1.54) is 4.88 Å². The quantitative estimate of drug-likeness (QED) is 0.508. The molecule has 5 rings (SSSR count). The Labute approximate surface area is 191 Å². The third kappa shape index (κ3) is 4.82. The molecule has 0 aromatic carbocycles. The van der Waals surface area contributed by atoms with E-state index in [0.29, 0.717) is 6.42 Å². The molecule has 8 heteroatoms. The summed E-state index contributed by atoms with van der Waals surface area (Å²) < 4.78 is 12.9. The van der Waals surface area contributed by atoms with E-state index in [2.05, 4.69) is 39.9 Å². The molecule has 166 valence electrons. The Hall–Kier alpha value is -2.81. The molecule has 5 heterocycles. The summed E-state index contributed by atoms with van der Waals surface area (Å²) in [5.74, 6) is 1.82. The van der Waals surface area contributed by atoms with Crippen LogP contribution in [0.3, 0.4) is 0 Å². The topological polar surface area (TPSA) is 64.8 Å². The highest BCUT2D eigenvalue weighted by atomic mass is 32.1. The average molecular weight is 450 g/mol. The molecule has 0 amide bonds. The van der Waals surface area contributed by atoms with Gasteiger partial charge in [0.05, 0.1) is 30.5 Å². The van der Waals surface area contributed by atoms with Crippen LogP contribution in [0.2, 0.25) is 0 Å². The highest BCUT2D eigenvalue weighted by Crippen LogP contribution is 2.28. The molecule has 0 spiro atoms. The molecule has 0 aliphatic carbocycles. The van der Waals surface area contributed by atoms with Crippen LogP contribution in [-0.4, -0.2) is 57.6 Å². The zero-order valence-corrected chi connectivity index (χ0v) is 18.9. The molecule has 3 aromatic heterocycles. The number of morpholine rings is 1. The van der Waals surface area contributed by atoms with Gasteiger partial charge in [0, 0.05) is 37.4 Å². The average Bonchev–Trinajstić information content (AvgIpc) is 3.59. The first-order chi connectivity index (χ1) is 15.8. The molecule has 32 heavy (non-hydrogen) atoms. The molecule has 2 saturated heterocycles. The molecule has 0 unspecified atom stereocenters. The van der Waals surface area contributed by atoms with Crippen molar-refractivity contribution >= 4 is 17.0 Å². The van der Waals surface area contributed by atoms with E-state index in [0.717, 1.165) is 85.7 Å². The van der Waals surface area contributed by atoms with E-state index in [1.807, 2.05) is 28.8 Å². The molecule has 0 saturated carbocycles. The van der Waals surface area contributed by atoms with Crippen molar-refractivity contribution in [1.82, 2.24) is 24.7 Å². The van der Waals surface area contributed by atoms with Crippen LogP contribution in [0.15, 0.2) is 60.4 Å². The Bertz CT molecular complexity index is 1150. The largest absolute Gasteiger partial charge is 0.498 e. The van der Waals surface area contributed by atoms with E-state index in [-0.39, 0.29) is 0 Å². The first-order valence-corrected chi connectivity index (χ1v) is 11.9. The summed E-state index contributed by atoms with van der Waals surface area (Å²) in [6.07, 6.45) is 8.63. The first kappa shape index (κ1) is 21.1. The van der Waals surface area contributed by atoms with Gasteiger partial charge in [-0.25, -0.2) is 0 Å². The minimum atomic E-state index is 0.609. The number of aromatic nitrogens is 4. The van der Waals surface area contributed by atoms with Crippen LogP contribution < -0.4 is 0 Å². The van der Waals surface area contributed by atoms with E-state index < -0.39 is 0 Å². The van der Waals surface area contributed by atoms with Crippen molar-refractivity contribution in [2.24, 2.45) is 0 Å². The Morgan fingerprint density at radius 1 is 1.12 bits per heavy atom. The fraction of sp³-hybridized carbons (Fsp3) is 0.375. The van der Waals surface area contributed by atoms with Gasteiger partial charge in [0.2, 0.25) is 0 Å². The summed E-state index contributed by atoms with van der Waals surface area (Å²) in [4.78, 5) is 4.92. The number of nitrogens with zero attached hydrogens (tertiary/aromatic N) is 5. The summed E-state index contributed by atoms with van der Waals surface area (Å²) in [5, 5.41) is 13.5. The van der Waals surface area contributed by atoms with E-state index >= 15 is 0 Å². The number of ether oxygens (including phenoxy) is 2. The van der Waals surface area contributed by atoms with Gasteiger partial charge in [-0.3, -0.25) is 4.90 Å². The standard InChI is InChI=1S/C24H27N5O2S/c1-2-18(5-6-19-4-3-13-31-19)16-24-26-25-23-10-8-21(27-29(23)24)22-9-7-20(32-22)17-28-11-14-30-15-12-28/h2,5-10H,1,3-4,11-17H2/b18-5+,19-6+. The molecular weight excluding hydrogens is 422 g/mol. The number of rotatable bonds is 7. The fourth-order valence-electron chi connectivity index (χ4n) is 3.89. The van der Waals surface area contributed by atoms with Gasteiger partial charge in [-0.15, -0.1) is 21.5 Å². The number of fused-ring (bicyclic) bond motifs is 1. The van der Waals surface area contributed by atoms with Crippen molar-refractivity contribution in [3.8, 4) is 10.6 Å². The molecule has 0 radical (unpaired) electrons. The molecule has 0 atom stereocenters. The predicted molar refractivity (Wildman–Crippen MR) is 125 cm³/mol. The molecule has 2 aliphatic rings. The lowest BCUT2D eigenvalue weighted by Gasteiger charge is -2.25. The predicted octanol–water partition coefficient (Wildman–Crippen LogP) is 4.03. The van der Waals surface area contributed by atoms with Crippen molar-refractivity contribution in [2.45, 2.75) is 25.8 Å². The van der Waals surface area contributed by atoms with Gasteiger partial charge in [-0.05, 0) is 42.3 Å². The Balaban J connectivity index is 1.35. The lowest BCUT2D eigenvalue weighted by Crippen LogP contribution is -2.35. The van der Waals surface area contributed by atoms with Crippen molar-refractivity contribution in [2.75, 3.05) is 32.9 Å². The number of hydrogen-bond donors (Lipinski definition) is 0. The molecule has 2 fully saturated rings. The highest BCUT2D eigenvalue weighted by Gasteiger charge is 2.14. The molecule has 0 bridgehead atoms. The third-order valence-electron chi connectivity index (χ3n) is 5.69. The Kier molecular flexibility index (Phi) is 6.43. The van der Waals surface area contributed by atoms with Crippen LogP contribution in [0.25, 0.3) is 16.2 Å². The monoisotopic (exact) mass is 449 g/mol. The molecule has 7 nitrogen and oxygen atoms in total. The second-order valence-electron chi connectivity index (χ2n) is 7.97. The lowest BCUT2D eigenvalue weighted by molar-refractivity contribution is 0.0346. The lowest BCUT2D eigenvalue weighted by atomic mass is 10.1. The maximum atomic E-state index is 5.60. The Morgan fingerprint density at radius 3 is 2.84 bits per heavy atom. The second-order valence-corrected chi connectivity index (χ2v) is 9.14. The van der Waals surface area contributed by atoms with Gasteiger partial charge in [-0.1, -0.05) is 18.7 Å². The minimum absolute atomic E-state index is 0.609. The normalized spacial score (nSPS) is 19.0. The second kappa shape index (κ2) is 9.77. The SMILES string of the molecule is C=C/C(=C\C=C1/CCCO1)Cc1nnc2ccc(-c3ccc(CN4CCOCC4)s3)nn12. The van der Waals surface area contributed by atoms with Crippen molar-refractivity contribution in [3.05, 3.63) is 71.1 Å². The maximum Gasteiger partial charge on any atom is 0.177 e. The number of thiophene rings is 1. The fourth-order valence-corrected chi connectivity index (χ4v) is 4.91. The minimum Gasteiger partial charge on any atom is -0.498 e. The van der Waals surface area contributed by atoms with Crippen LogP contribution in [0, 0.1) is 0 Å². The summed E-state index contributed by atoms with van der Waals surface area (Å²) in [5.41, 5.74) is 2.73. The van der Waals surface area contributed by atoms with Crippen LogP contribution in [0.5, 0.6) is 0 Å². The van der Waals surface area contributed by atoms with Crippen LogP contribution in [0.4, 0.5) is 0 Å².